The molecule has 0 spiro atoms. The monoisotopic (exact) mass is 453 g/mol. The van der Waals surface area contributed by atoms with Gasteiger partial charge in [0, 0.05) is 32.5 Å². The predicted octanol–water partition coefficient (Wildman–Crippen LogP) is 3.37. The normalized spacial score (nSPS) is 22.6. The molecule has 2 aromatic carbocycles. The lowest BCUT2D eigenvalue weighted by Gasteiger charge is -2.47. The van der Waals surface area contributed by atoms with Crippen molar-refractivity contribution in [2.45, 2.75) is 38.4 Å². The third-order valence-electron chi connectivity index (χ3n) is 4.65. The number of nitrogens with one attached hydrogen (secondary N) is 2. The van der Waals surface area contributed by atoms with Crippen LogP contribution < -0.4 is 15.5 Å². The molecule has 3 atom stereocenters. The highest BCUT2D eigenvalue weighted by atomic mass is 79.9. The van der Waals surface area contributed by atoms with E-state index >= 15 is 0 Å². The molecule has 1 aliphatic rings. The molecule has 0 fully saturated rings. The fraction of sp³-hybridized carbons (Fsp3) is 0.316. The molecule has 0 radical (unpaired) electrons. The lowest BCUT2D eigenvalue weighted by molar-refractivity contribution is -0.144. The molecule has 0 saturated heterocycles. The minimum Gasteiger partial charge on any atom is -0.359 e. The molecule has 4 N–H and O–H groups in total. The van der Waals surface area contributed by atoms with Crippen LogP contribution in [0.25, 0.3) is 0 Å². The molecule has 1 aliphatic heterocycles. The van der Waals surface area contributed by atoms with Crippen molar-refractivity contribution >= 4 is 44.8 Å². The van der Waals surface area contributed by atoms with Crippen molar-refractivity contribution in [1.29, 1.82) is 0 Å². The molecule has 3 rings (SSSR count). The highest BCUT2D eigenvalue weighted by Gasteiger charge is 2.51. The van der Waals surface area contributed by atoms with Gasteiger partial charge in [0.25, 0.3) is 11.6 Å². The lowest BCUT2D eigenvalue weighted by atomic mass is 9.94. The van der Waals surface area contributed by atoms with Crippen LogP contribution in [0.4, 0.5) is 11.4 Å². The molecule has 8 heteroatoms. The smallest absolute Gasteiger partial charge is 0.278 e. The maximum Gasteiger partial charge on any atom is 0.278 e. The fourth-order valence-electron chi connectivity index (χ4n) is 3.03. The Morgan fingerprint density at radius 2 is 2.04 bits per heavy atom. The van der Waals surface area contributed by atoms with Crippen molar-refractivity contribution in [2.75, 3.05) is 10.2 Å². The van der Waals surface area contributed by atoms with E-state index in [2.05, 4.69) is 26.6 Å². The minimum absolute atomic E-state index is 0.142. The summed E-state index contributed by atoms with van der Waals surface area (Å²) in [5.74, 6) is -0.619. The van der Waals surface area contributed by atoms with Crippen LogP contribution in [0.3, 0.4) is 0 Å². The number of aliphatic hydroxyl groups is 2. The number of hydrogen-bond donors (Lipinski definition) is 4. The number of fused-ring (bicyclic) bond motifs is 1. The number of aliphatic hydroxyl groups excluding tert-OH is 1. The van der Waals surface area contributed by atoms with Gasteiger partial charge in [-0.2, -0.15) is 0 Å². The van der Waals surface area contributed by atoms with E-state index in [0.29, 0.717) is 32.9 Å². The van der Waals surface area contributed by atoms with E-state index in [1.165, 1.54) is 4.90 Å². The number of anilines is 2. The zero-order valence-corrected chi connectivity index (χ0v) is 17.3. The van der Waals surface area contributed by atoms with Gasteiger partial charge in [-0.1, -0.05) is 34.5 Å². The summed E-state index contributed by atoms with van der Waals surface area (Å²) >= 11 is 9.35. The Bertz CT molecular complexity index is 849. The number of hydrogen-bond acceptors (Lipinski definition) is 5. The number of carbonyl (C=O) groups is 1. The van der Waals surface area contributed by atoms with E-state index in [1.807, 2.05) is 13.8 Å². The predicted molar refractivity (Wildman–Crippen MR) is 109 cm³/mol. The number of nitrogens with zero attached hydrogens (tertiary/aromatic N) is 1. The number of amides is 1. The van der Waals surface area contributed by atoms with Crippen LogP contribution in [0.15, 0.2) is 46.9 Å². The molecule has 0 aromatic heterocycles. The van der Waals surface area contributed by atoms with E-state index in [0.717, 1.165) is 0 Å². The molecule has 144 valence electrons. The first kappa shape index (κ1) is 19.9. The van der Waals surface area contributed by atoms with Gasteiger partial charge in [0.1, 0.15) is 0 Å². The van der Waals surface area contributed by atoms with Gasteiger partial charge < -0.3 is 20.8 Å². The van der Waals surface area contributed by atoms with Crippen molar-refractivity contribution in [3.05, 3.63) is 57.5 Å². The Kier molecular flexibility index (Phi) is 5.67. The van der Waals surface area contributed by atoms with Gasteiger partial charge in [0.15, 0.2) is 0 Å². The number of halogens is 2. The summed E-state index contributed by atoms with van der Waals surface area (Å²) in [6.07, 6.45) is -0.623. The fourth-order valence-corrected chi connectivity index (χ4v) is 3.52. The van der Waals surface area contributed by atoms with Crippen LogP contribution >= 0.6 is 27.5 Å². The maximum absolute atomic E-state index is 13.2. The average molecular weight is 455 g/mol. The number of carbonyl (C=O) groups excluding carboxylic acids is 1. The van der Waals surface area contributed by atoms with Crippen LogP contribution in [0, 0.1) is 0 Å². The lowest BCUT2D eigenvalue weighted by Crippen LogP contribution is -2.65. The third-order valence-corrected chi connectivity index (χ3v) is 5.39. The van der Waals surface area contributed by atoms with E-state index in [9.17, 15) is 15.0 Å². The highest BCUT2D eigenvalue weighted by Crippen LogP contribution is 2.42. The number of rotatable bonds is 4. The summed E-state index contributed by atoms with van der Waals surface area (Å²) in [4.78, 5) is 14.4. The van der Waals surface area contributed by atoms with Crippen molar-refractivity contribution in [3.8, 4) is 0 Å². The maximum atomic E-state index is 13.2. The summed E-state index contributed by atoms with van der Waals surface area (Å²) in [5, 5.41) is 28.6. The molecule has 6 nitrogen and oxygen atoms in total. The summed E-state index contributed by atoms with van der Waals surface area (Å²) in [6.45, 7) is 3.79. The van der Waals surface area contributed by atoms with Gasteiger partial charge in [-0.3, -0.25) is 9.69 Å². The Balaban J connectivity index is 2.18. The average Bonchev–Trinajstić information content (AvgIpc) is 2.63. The molecule has 27 heavy (non-hydrogen) atoms. The number of benzene rings is 2. The third kappa shape index (κ3) is 3.65. The zero-order chi connectivity index (χ0) is 19.8. The van der Waals surface area contributed by atoms with E-state index < -0.39 is 18.0 Å². The molecular formula is C19H21BrClN3O3. The van der Waals surface area contributed by atoms with Crippen molar-refractivity contribution < 1.29 is 15.0 Å². The summed E-state index contributed by atoms with van der Waals surface area (Å²) < 4.78 is 0.699. The van der Waals surface area contributed by atoms with Crippen LogP contribution in [-0.4, -0.2) is 28.5 Å². The standard InChI is InChI=1S/C19H21BrClN3O3/c1-3-11(2)22-17(25)19(27)15-10-12(20)4-9-16(15)23-18(26)24(19)14-7-5-13(21)6-8-14/h4-11,18,23,26-27H,3H2,1-2H3,(H,22,25). The van der Waals surface area contributed by atoms with Gasteiger partial charge in [-0.25, -0.2) is 0 Å². The molecule has 0 aliphatic carbocycles. The quantitative estimate of drug-likeness (QED) is 0.569. The second kappa shape index (κ2) is 7.67. The SMILES string of the molecule is CCC(C)NC(=O)C1(O)c2cc(Br)ccc2NC(O)N1c1ccc(Cl)cc1. The summed E-state index contributed by atoms with van der Waals surface area (Å²) in [5.41, 5.74) is -0.886. The van der Waals surface area contributed by atoms with E-state index in [-0.39, 0.29) is 6.04 Å². The van der Waals surface area contributed by atoms with Crippen molar-refractivity contribution in [1.82, 2.24) is 5.32 Å². The first-order valence-electron chi connectivity index (χ1n) is 8.60. The zero-order valence-electron chi connectivity index (χ0n) is 14.9. The molecule has 0 bridgehead atoms. The molecule has 1 amide bonds. The van der Waals surface area contributed by atoms with E-state index in [1.54, 1.807) is 42.5 Å². The van der Waals surface area contributed by atoms with Crippen LogP contribution in [0.5, 0.6) is 0 Å². The van der Waals surface area contributed by atoms with Gasteiger partial charge in [-0.05, 0) is 55.8 Å². The Hall–Kier alpha value is -1.80. The first-order chi connectivity index (χ1) is 12.8. The van der Waals surface area contributed by atoms with Crippen molar-refractivity contribution in [2.24, 2.45) is 0 Å². The molecule has 3 unspecified atom stereocenters. The summed E-state index contributed by atoms with van der Waals surface area (Å²) in [7, 11) is 0. The Morgan fingerprint density at radius 3 is 2.67 bits per heavy atom. The van der Waals surface area contributed by atoms with Gasteiger partial charge in [0.05, 0.1) is 0 Å². The molecule has 2 aromatic rings. The Morgan fingerprint density at radius 1 is 1.37 bits per heavy atom. The van der Waals surface area contributed by atoms with E-state index in [4.69, 9.17) is 11.6 Å². The second-order valence-electron chi connectivity index (χ2n) is 6.51. The minimum atomic E-state index is -2.12. The van der Waals surface area contributed by atoms with Gasteiger partial charge in [0.2, 0.25) is 6.35 Å². The Labute approximate surface area is 171 Å². The second-order valence-corrected chi connectivity index (χ2v) is 7.86. The highest BCUT2D eigenvalue weighted by molar-refractivity contribution is 9.10. The molecule has 1 heterocycles. The van der Waals surface area contributed by atoms with Gasteiger partial charge >= 0.3 is 0 Å². The van der Waals surface area contributed by atoms with Crippen LogP contribution in [0.2, 0.25) is 5.02 Å². The first-order valence-corrected chi connectivity index (χ1v) is 9.77. The largest absolute Gasteiger partial charge is 0.359 e. The van der Waals surface area contributed by atoms with Gasteiger partial charge in [-0.15, -0.1) is 0 Å². The van der Waals surface area contributed by atoms with Crippen LogP contribution in [0.1, 0.15) is 25.8 Å². The molecule has 0 saturated carbocycles. The van der Waals surface area contributed by atoms with Crippen LogP contribution in [-0.2, 0) is 10.5 Å². The molecular weight excluding hydrogens is 434 g/mol. The topological polar surface area (TPSA) is 84.8 Å². The van der Waals surface area contributed by atoms with Crippen molar-refractivity contribution in [3.63, 3.8) is 0 Å². The summed E-state index contributed by atoms with van der Waals surface area (Å²) in [6, 6.07) is 11.5.